The van der Waals surface area contributed by atoms with Gasteiger partial charge in [-0.3, -0.25) is 13.9 Å². The van der Waals surface area contributed by atoms with E-state index in [-0.39, 0.29) is 6.54 Å². The van der Waals surface area contributed by atoms with E-state index in [1.807, 2.05) is 30.3 Å². The molecular weight excluding hydrogens is 366 g/mol. The van der Waals surface area contributed by atoms with Crippen LogP contribution < -0.4 is 14.9 Å². The SMILES string of the molecule is CS(=O)(=O)N1CCCc2cc(NC(=O)C(=O)NCc3ccccc3)ccc21. The smallest absolute Gasteiger partial charge is 0.313 e. The van der Waals surface area contributed by atoms with Gasteiger partial charge in [0.15, 0.2) is 0 Å². The molecule has 0 radical (unpaired) electrons. The second kappa shape index (κ2) is 7.79. The molecule has 0 atom stereocenters. The van der Waals surface area contributed by atoms with Crippen LogP contribution in [-0.4, -0.2) is 33.0 Å². The quantitative estimate of drug-likeness (QED) is 0.780. The summed E-state index contributed by atoms with van der Waals surface area (Å²) in [5, 5.41) is 5.13. The summed E-state index contributed by atoms with van der Waals surface area (Å²) >= 11 is 0. The summed E-state index contributed by atoms with van der Waals surface area (Å²) < 4.78 is 25.2. The number of nitrogens with one attached hydrogen (secondary N) is 2. The highest BCUT2D eigenvalue weighted by Gasteiger charge is 2.24. The fourth-order valence-electron chi connectivity index (χ4n) is 3.03. The molecule has 1 aliphatic heterocycles. The van der Waals surface area contributed by atoms with Crippen LogP contribution in [0.5, 0.6) is 0 Å². The first-order valence-corrected chi connectivity index (χ1v) is 10.4. The monoisotopic (exact) mass is 387 g/mol. The van der Waals surface area contributed by atoms with E-state index in [1.165, 1.54) is 10.6 Å². The Balaban J connectivity index is 1.65. The number of anilines is 2. The molecule has 8 heteroatoms. The Kier molecular flexibility index (Phi) is 5.46. The molecule has 0 saturated carbocycles. The van der Waals surface area contributed by atoms with Crippen LogP contribution in [0.2, 0.25) is 0 Å². The maximum atomic E-state index is 12.1. The largest absolute Gasteiger partial charge is 0.344 e. The van der Waals surface area contributed by atoms with Crippen molar-refractivity contribution in [3.8, 4) is 0 Å². The first kappa shape index (κ1) is 18.9. The minimum Gasteiger partial charge on any atom is -0.344 e. The van der Waals surface area contributed by atoms with Crippen LogP contribution in [0.3, 0.4) is 0 Å². The van der Waals surface area contributed by atoms with E-state index >= 15 is 0 Å². The minimum atomic E-state index is -3.34. The molecule has 0 fully saturated rings. The van der Waals surface area contributed by atoms with Gasteiger partial charge >= 0.3 is 11.8 Å². The lowest BCUT2D eigenvalue weighted by molar-refractivity contribution is -0.136. The zero-order valence-electron chi connectivity index (χ0n) is 14.9. The van der Waals surface area contributed by atoms with Gasteiger partial charge in [-0.1, -0.05) is 30.3 Å². The lowest BCUT2D eigenvalue weighted by atomic mass is 10.0. The van der Waals surface area contributed by atoms with Crippen molar-refractivity contribution in [2.24, 2.45) is 0 Å². The topological polar surface area (TPSA) is 95.6 Å². The summed E-state index contributed by atoms with van der Waals surface area (Å²) in [5.41, 5.74) is 2.81. The molecule has 142 valence electrons. The number of sulfonamides is 1. The number of carbonyl (C=O) groups is 2. The summed E-state index contributed by atoms with van der Waals surface area (Å²) in [7, 11) is -3.34. The van der Waals surface area contributed by atoms with Crippen LogP contribution in [0.25, 0.3) is 0 Å². The molecule has 0 aromatic heterocycles. The molecule has 3 rings (SSSR count). The maximum absolute atomic E-state index is 12.1. The Labute approximate surface area is 158 Å². The maximum Gasteiger partial charge on any atom is 0.313 e. The highest BCUT2D eigenvalue weighted by molar-refractivity contribution is 7.92. The van der Waals surface area contributed by atoms with Crippen molar-refractivity contribution in [2.45, 2.75) is 19.4 Å². The molecule has 2 aromatic carbocycles. The second-order valence-electron chi connectivity index (χ2n) is 6.40. The first-order valence-electron chi connectivity index (χ1n) is 8.58. The Morgan fingerprint density at radius 2 is 1.81 bits per heavy atom. The lowest BCUT2D eigenvalue weighted by Gasteiger charge is -2.29. The van der Waals surface area contributed by atoms with E-state index in [0.717, 1.165) is 11.1 Å². The molecule has 2 aromatic rings. The molecular formula is C19H21N3O4S. The van der Waals surface area contributed by atoms with Gasteiger partial charge in [0.25, 0.3) is 0 Å². The van der Waals surface area contributed by atoms with Crippen molar-refractivity contribution in [1.82, 2.24) is 5.32 Å². The Bertz CT molecular complexity index is 958. The van der Waals surface area contributed by atoms with Crippen molar-refractivity contribution < 1.29 is 18.0 Å². The van der Waals surface area contributed by atoms with Gasteiger partial charge in [-0.05, 0) is 42.2 Å². The average Bonchev–Trinajstić information content (AvgIpc) is 2.65. The third-order valence-corrected chi connectivity index (χ3v) is 5.50. The van der Waals surface area contributed by atoms with Gasteiger partial charge < -0.3 is 10.6 Å². The van der Waals surface area contributed by atoms with Crippen molar-refractivity contribution in [2.75, 3.05) is 22.4 Å². The number of hydrogen-bond donors (Lipinski definition) is 2. The third-order valence-electron chi connectivity index (χ3n) is 4.32. The predicted molar refractivity (Wildman–Crippen MR) is 104 cm³/mol. The van der Waals surface area contributed by atoms with Crippen LogP contribution in [-0.2, 0) is 32.6 Å². The fourth-order valence-corrected chi connectivity index (χ4v) is 4.03. The van der Waals surface area contributed by atoms with Gasteiger partial charge in [0, 0.05) is 18.8 Å². The van der Waals surface area contributed by atoms with Gasteiger partial charge in [-0.25, -0.2) is 8.42 Å². The average molecular weight is 387 g/mol. The van der Waals surface area contributed by atoms with Crippen molar-refractivity contribution >= 4 is 33.2 Å². The number of carbonyl (C=O) groups excluding carboxylic acids is 2. The van der Waals surface area contributed by atoms with E-state index in [0.29, 0.717) is 30.8 Å². The molecule has 0 spiro atoms. The molecule has 1 heterocycles. The number of rotatable bonds is 4. The summed E-state index contributed by atoms with van der Waals surface area (Å²) in [6, 6.07) is 14.3. The number of hydrogen-bond acceptors (Lipinski definition) is 4. The van der Waals surface area contributed by atoms with E-state index in [1.54, 1.807) is 18.2 Å². The number of aryl methyl sites for hydroxylation is 1. The molecule has 0 unspecified atom stereocenters. The summed E-state index contributed by atoms with van der Waals surface area (Å²) in [6.45, 7) is 0.708. The normalized spacial score (nSPS) is 13.6. The number of nitrogens with zero attached hydrogens (tertiary/aromatic N) is 1. The molecule has 1 aliphatic rings. The summed E-state index contributed by atoms with van der Waals surface area (Å²) in [5.74, 6) is -1.49. The van der Waals surface area contributed by atoms with Crippen LogP contribution in [0, 0.1) is 0 Å². The van der Waals surface area contributed by atoms with Gasteiger partial charge in [0.05, 0.1) is 11.9 Å². The van der Waals surface area contributed by atoms with E-state index in [2.05, 4.69) is 10.6 Å². The number of benzene rings is 2. The molecule has 27 heavy (non-hydrogen) atoms. The summed E-state index contributed by atoms with van der Waals surface area (Å²) in [6.07, 6.45) is 2.59. The van der Waals surface area contributed by atoms with Crippen molar-refractivity contribution in [1.29, 1.82) is 0 Å². The van der Waals surface area contributed by atoms with E-state index in [4.69, 9.17) is 0 Å². The molecule has 2 N–H and O–H groups in total. The lowest BCUT2D eigenvalue weighted by Crippen LogP contribution is -2.35. The molecule has 2 amide bonds. The molecule has 0 bridgehead atoms. The minimum absolute atomic E-state index is 0.264. The van der Waals surface area contributed by atoms with E-state index < -0.39 is 21.8 Å². The Morgan fingerprint density at radius 1 is 1.07 bits per heavy atom. The van der Waals surface area contributed by atoms with E-state index in [9.17, 15) is 18.0 Å². The van der Waals surface area contributed by atoms with Crippen molar-refractivity contribution in [3.63, 3.8) is 0 Å². The summed E-state index contributed by atoms with van der Waals surface area (Å²) in [4.78, 5) is 24.1. The second-order valence-corrected chi connectivity index (χ2v) is 8.31. The predicted octanol–water partition coefficient (Wildman–Crippen LogP) is 1.65. The standard InChI is InChI=1S/C19H21N3O4S/c1-27(25,26)22-11-5-8-15-12-16(9-10-17(15)22)21-19(24)18(23)20-13-14-6-3-2-4-7-14/h2-4,6-7,9-10,12H,5,8,11,13H2,1H3,(H,20,23)(H,21,24). The van der Waals surface area contributed by atoms with Crippen LogP contribution in [0.4, 0.5) is 11.4 Å². The van der Waals surface area contributed by atoms with Crippen molar-refractivity contribution in [3.05, 3.63) is 59.7 Å². The van der Waals surface area contributed by atoms with Crippen LogP contribution in [0.1, 0.15) is 17.5 Å². The van der Waals surface area contributed by atoms with Gasteiger partial charge in [-0.15, -0.1) is 0 Å². The highest BCUT2D eigenvalue weighted by atomic mass is 32.2. The van der Waals surface area contributed by atoms with Crippen LogP contribution >= 0.6 is 0 Å². The number of amides is 2. The Morgan fingerprint density at radius 3 is 2.52 bits per heavy atom. The number of fused-ring (bicyclic) bond motifs is 1. The van der Waals surface area contributed by atoms with Gasteiger partial charge in [0.1, 0.15) is 0 Å². The highest BCUT2D eigenvalue weighted by Crippen LogP contribution is 2.31. The zero-order chi connectivity index (χ0) is 19.4. The van der Waals surface area contributed by atoms with Gasteiger partial charge in [0.2, 0.25) is 10.0 Å². The zero-order valence-corrected chi connectivity index (χ0v) is 15.8. The van der Waals surface area contributed by atoms with Crippen LogP contribution in [0.15, 0.2) is 48.5 Å². The fraction of sp³-hybridized carbons (Fsp3) is 0.263. The first-order chi connectivity index (χ1) is 12.8. The Hall–Kier alpha value is -2.87. The third kappa shape index (κ3) is 4.65. The molecule has 7 nitrogen and oxygen atoms in total. The molecule has 0 saturated heterocycles. The molecule has 0 aliphatic carbocycles. The van der Waals surface area contributed by atoms with Gasteiger partial charge in [-0.2, -0.15) is 0 Å².